The lowest BCUT2D eigenvalue weighted by atomic mass is 10.3. The molecule has 1 aliphatic rings. The van der Waals surface area contributed by atoms with Crippen molar-refractivity contribution in [3.63, 3.8) is 0 Å². The average Bonchev–Trinajstić information content (AvgIpc) is 2.91. The van der Waals surface area contributed by atoms with Gasteiger partial charge in [-0.1, -0.05) is 5.21 Å². The predicted octanol–water partition coefficient (Wildman–Crippen LogP) is 0.477. The highest BCUT2D eigenvalue weighted by molar-refractivity contribution is 5.38. The standard InChI is InChI=1S/C9H12N6O/c1-5-11-12-7(16-5)4-15-8(6-2-3-6)9(10)13-14-15/h6H,2-4,10H2,1H3. The molecule has 7 heteroatoms. The number of aryl methyl sites for hydroxylation is 1. The number of nitrogens with two attached hydrogens (primary N) is 1. The summed E-state index contributed by atoms with van der Waals surface area (Å²) in [6, 6.07) is 0. The van der Waals surface area contributed by atoms with E-state index in [0.717, 1.165) is 18.5 Å². The van der Waals surface area contributed by atoms with Crippen molar-refractivity contribution >= 4 is 5.82 Å². The van der Waals surface area contributed by atoms with E-state index in [-0.39, 0.29) is 0 Å². The summed E-state index contributed by atoms with van der Waals surface area (Å²) in [5, 5.41) is 15.6. The summed E-state index contributed by atoms with van der Waals surface area (Å²) < 4.78 is 7.05. The van der Waals surface area contributed by atoms with Crippen LogP contribution in [0.25, 0.3) is 0 Å². The molecular weight excluding hydrogens is 208 g/mol. The Balaban J connectivity index is 1.89. The van der Waals surface area contributed by atoms with Gasteiger partial charge in [0, 0.05) is 12.8 Å². The number of rotatable bonds is 3. The van der Waals surface area contributed by atoms with Crippen molar-refractivity contribution in [2.24, 2.45) is 0 Å². The topological polar surface area (TPSA) is 95.7 Å². The van der Waals surface area contributed by atoms with E-state index in [1.807, 2.05) is 0 Å². The minimum absolute atomic E-state index is 0.441. The highest BCUT2D eigenvalue weighted by atomic mass is 16.4. The van der Waals surface area contributed by atoms with E-state index >= 15 is 0 Å². The summed E-state index contributed by atoms with van der Waals surface area (Å²) in [4.78, 5) is 0. The molecule has 16 heavy (non-hydrogen) atoms. The van der Waals surface area contributed by atoms with E-state index < -0.39 is 0 Å². The van der Waals surface area contributed by atoms with E-state index in [0.29, 0.717) is 30.1 Å². The number of hydrogen-bond acceptors (Lipinski definition) is 6. The Morgan fingerprint density at radius 3 is 2.81 bits per heavy atom. The second kappa shape index (κ2) is 3.29. The minimum atomic E-state index is 0.441. The van der Waals surface area contributed by atoms with Gasteiger partial charge in [-0.3, -0.25) is 0 Å². The summed E-state index contributed by atoms with van der Waals surface area (Å²) in [6.07, 6.45) is 2.31. The normalized spacial score (nSPS) is 15.6. The van der Waals surface area contributed by atoms with Gasteiger partial charge in [0.05, 0.1) is 5.69 Å². The van der Waals surface area contributed by atoms with Crippen molar-refractivity contribution in [2.75, 3.05) is 5.73 Å². The average molecular weight is 220 g/mol. The molecule has 0 unspecified atom stereocenters. The van der Waals surface area contributed by atoms with Gasteiger partial charge in [-0.25, -0.2) is 4.68 Å². The van der Waals surface area contributed by atoms with Crippen LogP contribution in [-0.4, -0.2) is 25.2 Å². The Bertz CT molecular complexity index is 512. The predicted molar refractivity (Wildman–Crippen MR) is 54.5 cm³/mol. The molecule has 0 amide bonds. The Hall–Kier alpha value is -1.92. The number of hydrogen-bond donors (Lipinski definition) is 1. The molecule has 84 valence electrons. The first-order valence-corrected chi connectivity index (χ1v) is 5.22. The first-order chi connectivity index (χ1) is 7.74. The second-order valence-corrected chi connectivity index (χ2v) is 4.01. The smallest absolute Gasteiger partial charge is 0.237 e. The van der Waals surface area contributed by atoms with Crippen LogP contribution in [0, 0.1) is 6.92 Å². The number of nitrogen functional groups attached to an aromatic ring is 1. The summed E-state index contributed by atoms with van der Waals surface area (Å²) in [6.45, 7) is 2.20. The van der Waals surface area contributed by atoms with Crippen LogP contribution in [0.3, 0.4) is 0 Å². The maximum atomic E-state index is 5.78. The van der Waals surface area contributed by atoms with E-state index in [1.54, 1.807) is 11.6 Å². The van der Waals surface area contributed by atoms with Gasteiger partial charge >= 0.3 is 0 Å². The second-order valence-electron chi connectivity index (χ2n) is 4.01. The Morgan fingerprint density at radius 2 is 2.19 bits per heavy atom. The molecule has 0 aliphatic heterocycles. The van der Waals surface area contributed by atoms with E-state index in [2.05, 4.69) is 20.5 Å². The fraction of sp³-hybridized carbons (Fsp3) is 0.556. The third-order valence-corrected chi connectivity index (χ3v) is 2.62. The van der Waals surface area contributed by atoms with E-state index in [9.17, 15) is 0 Å². The van der Waals surface area contributed by atoms with Crippen molar-refractivity contribution in [3.05, 3.63) is 17.5 Å². The van der Waals surface area contributed by atoms with Gasteiger partial charge < -0.3 is 10.2 Å². The van der Waals surface area contributed by atoms with Crippen LogP contribution in [0.5, 0.6) is 0 Å². The largest absolute Gasteiger partial charge is 0.424 e. The molecule has 1 saturated carbocycles. The molecule has 0 bridgehead atoms. The van der Waals surface area contributed by atoms with Gasteiger partial charge in [0.2, 0.25) is 11.8 Å². The molecule has 0 aromatic carbocycles. The molecule has 2 heterocycles. The van der Waals surface area contributed by atoms with Crippen molar-refractivity contribution in [3.8, 4) is 0 Å². The lowest BCUT2D eigenvalue weighted by Crippen LogP contribution is -2.07. The van der Waals surface area contributed by atoms with Gasteiger partial charge in [-0.05, 0) is 12.8 Å². The molecule has 2 aromatic rings. The number of aromatic nitrogens is 5. The van der Waals surface area contributed by atoms with Gasteiger partial charge in [0.15, 0.2) is 5.82 Å². The molecule has 1 fully saturated rings. The monoisotopic (exact) mass is 220 g/mol. The maximum absolute atomic E-state index is 5.78. The third kappa shape index (κ3) is 1.54. The number of nitrogens with zero attached hydrogens (tertiary/aromatic N) is 5. The molecule has 2 N–H and O–H groups in total. The lowest BCUT2D eigenvalue weighted by molar-refractivity contribution is 0.436. The molecular formula is C9H12N6O. The van der Waals surface area contributed by atoms with Crippen molar-refractivity contribution in [1.82, 2.24) is 25.2 Å². The SMILES string of the molecule is Cc1nnc(Cn2nnc(N)c2C2CC2)o1. The Labute approximate surface area is 91.6 Å². The third-order valence-electron chi connectivity index (χ3n) is 2.62. The lowest BCUT2D eigenvalue weighted by Gasteiger charge is -2.01. The van der Waals surface area contributed by atoms with Crippen LogP contribution >= 0.6 is 0 Å². The van der Waals surface area contributed by atoms with Crippen LogP contribution in [0.1, 0.15) is 36.2 Å². The Kier molecular flexibility index (Phi) is 1.92. The van der Waals surface area contributed by atoms with Gasteiger partial charge in [-0.2, -0.15) is 0 Å². The Morgan fingerprint density at radius 1 is 1.38 bits per heavy atom. The molecule has 3 rings (SSSR count). The van der Waals surface area contributed by atoms with E-state index in [4.69, 9.17) is 10.2 Å². The van der Waals surface area contributed by atoms with Crippen molar-refractivity contribution < 1.29 is 4.42 Å². The molecule has 0 spiro atoms. The molecule has 0 radical (unpaired) electrons. The summed E-state index contributed by atoms with van der Waals surface area (Å²) in [5.41, 5.74) is 6.78. The fourth-order valence-electron chi connectivity index (χ4n) is 1.76. The zero-order valence-electron chi connectivity index (χ0n) is 8.92. The quantitative estimate of drug-likeness (QED) is 0.808. The minimum Gasteiger partial charge on any atom is -0.424 e. The highest BCUT2D eigenvalue weighted by Gasteiger charge is 2.30. The highest BCUT2D eigenvalue weighted by Crippen LogP contribution is 2.41. The summed E-state index contributed by atoms with van der Waals surface area (Å²) in [5.74, 6) is 2.10. The van der Waals surface area contributed by atoms with Crippen molar-refractivity contribution in [2.45, 2.75) is 32.2 Å². The zero-order chi connectivity index (χ0) is 11.1. The fourth-order valence-corrected chi connectivity index (χ4v) is 1.76. The molecule has 0 atom stereocenters. The first-order valence-electron chi connectivity index (χ1n) is 5.22. The van der Waals surface area contributed by atoms with Crippen LogP contribution in [0.4, 0.5) is 5.82 Å². The van der Waals surface area contributed by atoms with Crippen LogP contribution in [-0.2, 0) is 6.54 Å². The van der Waals surface area contributed by atoms with Crippen LogP contribution in [0.15, 0.2) is 4.42 Å². The molecule has 1 aliphatic carbocycles. The summed E-state index contributed by atoms with van der Waals surface area (Å²) >= 11 is 0. The summed E-state index contributed by atoms with van der Waals surface area (Å²) in [7, 11) is 0. The van der Waals surface area contributed by atoms with E-state index in [1.165, 1.54) is 0 Å². The molecule has 7 nitrogen and oxygen atoms in total. The first kappa shape index (κ1) is 9.32. The van der Waals surface area contributed by atoms with Crippen LogP contribution in [0.2, 0.25) is 0 Å². The van der Waals surface area contributed by atoms with Crippen molar-refractivity contribution in [1.29, 1.82) is 0 Å². The molecule has 0 saturated heterocycles. The number of anilines is 1. The maximum Gasteiger partial charge on any atom is 0.237 e. The van der Waals surface area contributed by atoms with Crippen LogP contribution < -0.4 is 5.73 Å². The van der Waals surface area contributed by atoms with Gasteiger partial charge in [-0.15, -0.1) is 15.3 Å². The van der Waals surface area contributed by atoms with Gasteiger partial charge in [0.1, 0.15) is 6.54 Å². The molecule has 2 aromatic heterocycles. The van der Waals surface area contributed by atoms with Gasteiger partial charge in [0.25, 0.3) is 0 Å². The zero-order valence-corrected chi connectivity index (χ0v) is 8.92.